The van der Waals surface area contributed by atoms with Gasteiger partial charge in [0, 0.05) is 34.4 Å². The molecule has 4 aromatic rings. The molecule has 0 saturated heterocycles. The number of fused-ring (bicyclic) bond motifs is 3. The van der Waals surface area contributed by atoms with E-state index in [9.17, 15) is 9.59 Å². The third-order valence-corrected chi connectivity index (χ3v) is 5.95. The maximum absolute atomic E-state index is 12.9. The molecule has 0 N–H and O–H groups in total. The summed E-state index contributed by atoms with van der Waals surface area (Å²) in [6, 6.07) is 27.2. The van der Waals surface area contributed by atoms with E-state index >= 15 is 0 Å². The molecule has 5 heteroatoms. The minimum Gasteiger partial charge on any atom is -0.472 e. The van der Waals surface area contributed by atoms with Crippen LogP contribution in [0.1, 0.15) is 34.0 Å². The second kappa shape index (κ2) is 8.52. The molecule has 34 heavy (non-hydrogen) atoms. The number of hydrogen-bond acceptors (Lipinski definition) is 5. The summed E-state index contributed by atoms with van der Waals surface area (Å²) in [6.07, 6.45) is 3.78. The predicted molar refractivity (Wildman–Crippen MR) is 130 cm³/mol. The number of benzene rings is 4. The number of methoxy groups -OCH3 is 1. The summed E-state index contributed by atoms with van der Waals surface area (Å²) in [6.45, 7) is 1.30. The lowest BCUT2D eigenvalue weighted by atomic mass is 9.82. The van der Waals surface area contributed by atoms with Crippen LogP contribution in [0.4, 0.5) is 0 Å². The van der Waals surface area contributed by atoms with E-state index < -0.39 is 17.5 Å². The lowest BCUT2D eigenvalue weighted by molar-refractivity contribution is -0.131. The lowest BCUT2D eigenvalue weighted by Crippen LogP contribution is -2.34. The van der Waals surface area contributed by atoms with Crippen molar-refractivity contribution in [2.24, 2.45) is 0 Å². The van der Waals surface area contributed by atoms with Crippen molar-refractivity contribution >= 4 is 28.8 Å². The molecule has 1 heterocycles. The fourth-order valence-electron chi connectivity index (χ4n) is 4.46. The van der Waals surface area contributed by atoms with Gasteiger partial charge in [-0.05, 0) is 12.2 Å². The Hall–Kier alpha value is -4.38. The highest BCUT2D eigenvalue weighted by atomic mass is 16.5. The topological polar surface area (TPSA) is 61.8 Å². The molecular formula is C29H22O5. The molecular weight excluding hydrogens is 428 g/mol. The van der Waals surface area contributed by atoms with Crippen molar-refractivity contribution in [3.63, 3.8) is 0 Å². The van der Waals surface area contributed by atoms with Crippen LogP contribution in [0.15, 0.2) is 91.0 Å². The van der Waals surface area contributed by atoms with Crippen LogP contribution in [-0.2, 0) is 15.1 Å². The van der Waals surface area contributed by atoms with Gasteiger partial charge in [-0.3, -0.25) is 4.79 Å². The fraction of sp³-hybridized carbons (Fsp3) is 0.103. The van der Waals surface area contributed by atoms with Crippen LogP contribution in [0.25, 0.3) is 16.8 Å². The molecule has 0 aliphatic carbocycles. The first-order chi connectivity index (χ1) is 16.5. The van der Waals surface area contributed by atoms with Crippen LogP contribution in [0.3, 0.4) is 0 Å². The number of hydrogen-bond donors (Lipinski definition) is 0. The summed E-state index contributed by atoms with van der Waals surface area (Å²) in [5.74, 6) is -0.465. The number of carbonyl (C=O) groups excluding carboxylic acids is 2. The Bertz CT molecular complexity index is 1380. The van der Waals surface area contributed by atoms with Gasteiger partial charge in [0.2, 0.25) is 0 Å². The quantitative estimate of drug-likeness (QED) is 0.286. The average molecular weight is 450 g/mol. The van der Waals surface area contributed by atoms with E-state index in [2.05, 4.69) is 0 Å². The Morgan fingerprint density at radius 2 is 1.35 bits per heavy atom. The van der Waals surface area contributed by atoms with Crippen LogP contribution in [0.2, 0.25) is 0 Å². The van der Waals surface area contributed by atoms with Crippen LogP contribution in [0.5, 0.6) is 11.5 Å². The molecule has 0 atom stereocenters. The highest BCUT2D eigenvalue weighted by Crippen LogP contribution is 2.49. The molecule has 0 radical (unpaired) electrons. The van der Waals surface area contributed by atoms with E-state index in [0.717, 1.165) is 16.5 Å². The Morgan fingerprint density at radius 1 is 0.794 bits per heavy atom. The van der Waals surface area contributed by atoms with Crippen molar-refractivity contribution in [2.45, 2.75) is 12.5 Å². The summed E-state index contributed by atoms with van der Waals surface area (Å²) < 4.78 is 17.5. The minimum absolute atomic E-state index is 0.150. The highest BCUT2D eigenvalue weighted by Gasteiger charge is 2.40. The summed E-state index contributed by atoms with van der Waals surface area (Å²) >= 11 is 0. The second-order valence-corrected chi connectivity index (χ2v) is 7.98. The molecule has 1 aliphatic heterocycles. The smallest absolute Gasteiger partial charge is 0.342 e. The van der Waals surface area contributed by atoms with Crippen molar-refractivity contribution in [2.75, 3.05) is 7.11 Å². The third-order valence-electron chi connectivity index (χ3n) is 5.95. The highest BCUT2D eigenvalue weighted by molar-refractivity contribution is 6.09. The van der Waals surface area contributed by atoms with Crippen molar-refractivity contribution in [3.8, 4) is 11.5 Å². The Morgan fingerprint density at radius 3 is 1.91 bits per heavy atom. The van der Waals surface area contributed by atoms with Gasteiger partial charge in [0.1, 0.15) is 11.3 Å². The Balaban J connectivity index is 1.85. The van der Waals surface area contributed by atoms with Gasteiger partial charge in [0.05, 0.1) is 7.11 Å². The maximum atomic E-state index is 12.9. The first kappa shape index (κ1) is 21.5. The third kappa shape index (κ3) is 3.42. The van der Waals surface area contributed by atoms with Crippen molar-refractivity contribution in [1.29, 1.82) is 0 Å². The zero-order chi connectivity index (χ0) is 23.7. The van der Waals surface area contributed by atoms with E-state index in [-0.39, 0.29) is 11.3 Å². The van der Waals surface area contributed by atoms with E-state index in [1.807, 2.05) is 91.0 Å². The predicted octanol–water partition coefficient (Wildman–Crippen LogP) is 5.90. The molecule has 1 aliphatic rings. The summed E-state index contributed by atoms with van der Waals surface area (Å²) in [7, 11) is 1.30. The van der Waals surface area contributed by atoms with E-state index in [4.69, 9.17) is 14.2 Å². The molecule has 0 bridgehead atoms. The SMILES string of the molecule is COC(=O)c1c2c(c3ccccc3c1OC(C)=O)OC(c1ccccc1)(c1ccccc1)C=C2. The average Bonchev–Trinajstić information content (AvgIpc) is 2.89. The van der Waals surface area contributed by atoms with Gasteiger partial charge in [-0.1, -0.05) is 84.9 Å². The molecule has 0 spiro atoms. The van der Waals surface area contributed by atoms with Gasteiger partial charge >= 0.3 is 11.9 Å². The van der Waals surface area contributed by atoms with Crippen LogP contribution in [0, 0.1) is 0 Å². The lowest BCUT2D eigenvalue weighted by Gasteiger charge is -2.37. The molecule has 4 aromatic carbocycles. The fourth-order valence-corrected chi connectivity index (χ4v) is 4.46. The zero-order valence-electron chi connectivity index (χ0n) is 18.8. The van der Waals surface area contributed by atoms with Gasteiger partial charge in [0.25, 0.3) is 0 Å². The molecule has 5 rings (SSSR count). The molecule has 5 nitrogen and oxygen atoms in total. The first-order valence-electron chi connectivity index (χ1n) is 10.9. The van der Waals surface area contributed by atoms with Gasteiger partial charge < -0.3 is 14.2 Å². The van der Waals surface area contributed by atoms with Crippen LogP contribution in [-0.4, -0.2) is 19.0 Å². The largest absolute Gasteiger partial charge is 0.472 e. The molecule has 0 amide bonds. The summed E-state index contributed by atoms with van der Waals surface area (Å²) in [5, 5.41) is 1.31. The monoisotopic (exact) mass is 450 g/mol. The maximum Gasteiger partial charge on any atom is 0.342 e. The zero-order valence-corrected chi connectivity index (χ0v) is 18.8. The van der Waals surface area contributed by atoms with E-state index in [1.165, 1.54) is 14.0 Å². The van der Waals surface area contributed by atoms with Crippen molar-refractivity contribution in [1.82, 2.24) is 0 Å². The standard InChI is InChI=1S/C29H22O5/c1-19(30)33-27-23-16-10-9-15-22(23)26-24(25(27)28(31)32-2)17-18-29(34-26,20-11-5-3-6-12-20)21-13-7-4-8-14-21/h3-18H,1-2H3. The van der Waals surface area contributed by atoms with Gasteiger partial charge in [-0.15, -0.1) is 0 Å². The normalized spacial score (nSPS) is 13.6. The number of carbonyl (C=O) groups is 2. The van der Waals surface area contributed by atoms with Crippen LogP contribution < -0.4 is 9.47 Å². The summed E-state index contributed by atoms with van der Waals surface area (Å²) in [4.78, 5) is 24.9. The molecule has 0 saturated carbocycles. The number of rotatable bonds is 4. The van der Waals surface area contributed by atoms with Gasteiger partial charge in [-0.25, -0.2) is 4.79 Å². The molecule has 0 aromatic heterocycles. The van der Waals surface area contributed by atoms with Crippen LogP contribution >= 0.6 is 0 Å². The van der Waals surface area contributed by atoms with Crippen molar-refractivity contribution in [3.05, 3.63) is 113 Å². The van der Waals surface area contributed by atoms with Gasteiger partial charge in [-0.2, -0.15) is 0 Å². The number of ether oxygens (including phenoxy) is 3. The Labute approximate surface area is 197 Å². The van der Waals surface area contributed by atoms with Gasteiger partial charge in [0.15, 0.2) is 11.4 Å². The first-order valence-corrected chi connectivity index (χ1v) is 10.9. The summed E-state index contributed by atoms with van der Waals surface area (Å²) in [5.41, 5.74) is 1.61. The van der Waals surface area contributed by atoms with E-state index in [0.29, 0.717) is 16.7 Å². The molecule has 0 unspecified atom stereocenters. The van der Waals surface area contributed by atoms with Crippen molar-refractivity contribution < 1.29 is 23.8 Å². The van der Waals surface area contributed by atoms with E-state index in [1.54, 1.807) is 6.07 Å². The number of esters is 2. The second-order valence-electron chi connectivity index (χ2n) is 7.98. The minimum atomic E-state index is -0.922. The Kier molecular flexibility index (Phi) is 5.38. The molecule has 168 valence electrons. The molecule has 0 fully saturated rings.